The Hall–Kier alpha value is -0.540. The third-order valence-electron chi connectivity index (χ3n) is 3.19. The minimum absolute atomic E-state index is 0.640. The van der Waals surface area contributed by atoms with Crippen molar-refractivity contribution in [3.63, 3.8) is 0 Å². The Morgan fingerprint density at radius 2 is 1.62 bits per heavy atom. The zero-order chi connectivity index (χ0) is 12.7. The molecule has 0 amide bonds. The summed E-state index contributed by atoms with van der Waals surface area (Å²) in [6.07, 6.45) is 1.22. The number of hydrogen-bond donors (Lipinski definition) is 0. The van der Waals surface area contributed by atoms with E-state index < -0.39 is 0 Å². The van der Waals surface area contributed by atoms with E-state index in [-0.39, 0.29) is 0 Å². The van der Waals surface area contributed by atoms with Crippen LogP contribution in [0.1, 0.15) is 20.3 Å². The van der Waals surface area contributed by atoms with Crippen LogP contribution in [0, 0.1) is 0 Å². The van der Waals surface area contributed by atoms with Crippen LogP contribution in [0.3, 0.4) is 0 Å². The summed E-state index contributed by atoms with van der Waals surface area (Å²) in [5, 5.41) is 0. The van der Waals surface area contributed by atoms with Gasteiger partial charge in [-0.3, -0.25) is 0 Å². The van der Waals surface area contributed by atoms with Gasteiger partial charge in [-0.15, -0.1) is 0 Å². The molecule has 0 radical (unpaired) electrons. The zero-order valence-corrected chi connectivity index (χ0v) is 12.0. The first-order valence-corrected chi connectivity index (χ1v) is 6.06. The van der Waals surface area contributed by atoms with Crippen LogP contribution in [-0.2, 0) is 0 Å². The largest absolute Gasteiger partial charge is 0.377 e. The molecule has 0 N–H and O–H groups in total. The normalized spacial score (nSPS) is 13.2. The molecule has 1 unspecified atom stereocenters. The second kappa shape index (κ2) is 7.69. The average molecular weight is 227 g/mol. The van der Waals surface area contributed by atoms with Gasteiger partial charge in [-0.2, -0.15) is 0 Å². The molecule has 0 aromatic heterocycles. The quantitative estimate of drug-likeness (QED) is 0.625. The van der Waals surface area contributed by atoms with Crippen molar-refractivity contribution >= 4 is 0 Å². The summed E-state index contributed by atoms with van der Waals surface area (Å²) < 4.78 is 0. The van der Waals surface area contributed by atoms with Gasteiger partial charge in [0.05, 0.1) is 0 Å². The van der Waals surface area contributed by atoms with Crippen LogP contribution in [0.5, 0.6) is 0 Å². The minimum atomic E-state index is 0.640. The molecule has 0 heterocycles. The second-order valence-corrected chi connectivity index (χ2v) is 5.08. The lowest BCUT2D eigenvalue weighted by Gasteiger charge is -2.28. The Labute approximate surface area is 102 Å². The smallest absolute Gasteiger partial charge is 0.0299 e. The Morgan fingerprint density at radius 1 is 1.06 bits per heavy atom. The van der Waals surface area contributed by atoms with Gasteiger partial charge in [0.25, 0.3) is 0 Å². The highest BCUT2D eigenvalue weighted by atomic mass is 15.2. The predicted octanol–water partition coefficient (Wildman–Crippen LogP) is 1.72. The van der Waals surface area contributed by atoms with Crippen molar-refractivity contribution in [2.24, 2.45) is 0 Å². The van der Waals surface area contributed by atoms with Gasteiger partial charge in [0.2, 0.25) is 0 Å². The lowest BCUT2D eigenvalue weighted by Crippen LogP contribution is -2.37. The fourth-order valence-corrected chi connectivity index (χ4v) is 1.38. The molecule has 16 heavy (non-hydrogen) atoms. The summed E-state index contributed by atoms with van der Waals surface area (Å²) in [7, 11) is 8.55. The summed E-state index contributed by atoms with van der Waals surface area (Å²) >= 11 is 0. The van der Waals surface area contributed by atoms with E-state index in [9.17, 15) is 0 Å². The van der Waals surface area contributed by atoms with Gasteiger partial charge < -0.3 is 14.7 Å². The Bertz CT molecular complexity index is 201. The lowest BCUT2D eigenvalue weighted by molar-refractivity contribution is 0.209. The third kappa shape index (κ3) is 6.85. The van der Waals surface area contributed by atoms with Crippen LogP contribution in [0.4, 0.5) is 0 Å². The summed E-state index contributed by atoms with van der Waals surface area (Å²) in [4.78, 5) is 6.86. The van der Waals surface area contributed by atoms with Gasteiger partial charge in [0.15, 0.2) is 0 Å². The molecular weight excluding hydrogens is 198 g/mol. The third-order valence-corrected chi connectivity index (χ3v) is 3.19. The zero-order valence-electron chi connectivity index (χ0n) is 12.0. The van der Waals surface area contributed by atoms with Crippen LogP contribution >= 0.6 is 0 Å². The van der Waals surface area contributed by atoms with Crippen molar-refractivity contribution < 1.29 is 0 Å². The Balaban J connectivity index is 3.78. The fourth-order valence-electron chi connectivity index (χ4n) is 1.38. The van der Waals surface area contributed by atoms with Gasteiger partial charge in [-0.1, -0.05) is 6.58 Å². The summed E-state index contributed by atoms with van der Waals surface area (Å²) in [6, 6.07) is 0.640. The average Bonchev–Trinajstić information content (AvgIpc) is 2.21. The predicted molar refractivity (Wildman–Crippen MR) is 72.7 cm³/mol. The molecule has 0 rings (SSSR count). The van der Waals surface area contributed by atoms with E-state index in [1.807, 2.05) is 0 Å². The lowest BCUT2D eigenvalue weighted by atomic mass is 10.2. The molecule has 0 aliphatic carbocycles. The van der Waals surface area contributed by atoms with Gasteiger partial charge in [0, 0.05) is 31.9 Å². The highest BCUT2D eigenvalue weighted by molar-refractivity contribution is 4.86. The topological polar surface area (TPSA) is 9.72 Å². The number of likely N-dealkylation sites (N-methyl/N-ethyl adjacent to an activating group) is 2. The Kier molecular flexibility index (Phi) is 7.43. The molecule has 96 valence electrons. The maximum Gasteiger partial charge on any atom is 0.0299 e. The van der Waals surface area contributed by atoms with Crippen LogP contribution in [0.15, 0.2) is 12.3 Å². The van der Waals surface area contributed by atoms with Gasteiger partial charge >= 0.3 is 0 Å². The molecule has 0 aromatic carbocycles. The molecule has 0 aliphatic rings. The van der Waals surface area contributed by atoms with Gasteiger partial charge in [0.1, 0.15) is 0 Å². The number of hydrogen-bond acceptors (Lipinski definition) is 3. The Morgan fingerprint density at radius 3 is 2.06 bits per heavy atom. The van der Waals surface area contributed by atoms with E-state index in [0.717, 1.165) is 25.3 Å². The van der Waals surface area contributed by atoms with Crippen LogP contribution in [0.25, 0.3) is 0 Å². The van der Waals surface area contributed by atoms with Crippen molar-refractivity contribution in [2.45, 2.75) is 26.3 Å². The molecule has 0 aromatic rings. The van der Waals surface area contributed by atoms with Crippen LogP contribution in [-0.4, -0.2) is 68.6 Å². The monoisotopic (exact) mass is 227 g/mol. The van der Waals surface area contributed by atoms with E-state index in [1.165, 1.54) is 6.42 Å². The van der Waals surface area contributed by atoms with Crippen molar-refractivity contribution in [1.82, 2.24) is 14.7 Å². The van der Waals surface area contributed by atoms with E-state index in [2.05, 4.69) is 63.3 Å². The highest BCUT2D eigenvalue weighted by Crippen LogP contribution is 2.03. The summed E-state index contributed by atoms with van der Waals surface area (Å²) in [6.45, 7) is 11.6. The number of nitrogens with zero attached hydrogens (tertiary/aromatic N) is 3. The maximum atomic E-state index is 3.94. The van der Waals surface area contributed by atoms with Crippen molar-refractivity contribution in [3.8, 4) is 0 Å². The minimum Gasteiger partial charge on any atom is -0.377 e. The number of rotatable bonds is 8. The fraction of sp³-hybridized carbons (Fsp3) is 0.846. The van der Waals surface area contributed by atoms with Crippen molar-refractivity contribution in [1.29, 1.82) is 0 Å². The first-order valence-electron chi connectivity index (χ1n) is 6.06. The van der Waals surface area contributed by atoms with Crippen molar-refractivity contribution in [3.05, 3.63) is 12.3 Å². The van der Waals surface area contributed by atoms with E-state index in [0.29, 0.717) is 6.04 Å². The maximum absolute atomic E-state index is 3.94. The first-order chi connectivity index (χ1) is 7.34. The van der Waals surface area contributed by atoms with Crippen molar-refractivity contribution in [2.75, 3.05) is 47.8 Å². The molecule has 0 saturated heterocycles. The van der Waals surface area contributed by atoms with Gasteiger partial charge in [-0.05, 0) is 48.0 Å². The molecule has 1 atom stereocenters. The molecule has 3 nitrogen and oxygen atoms in total. The van der Waals surface area contributed by atoms with E-state index in [4.69, 9.17) is 0 Å². The van der Waals surface area contributed by atoms with Crippen LogP contribution in [0.2, 0.25) is 0 Å². The summed E-state index contributed by atoms with van der Waals surface area (Å²) in [5.41, 5.74) is 1.13. The van der Waals surface area contributed by atoms with Crippen LogP contribution < -0.4 is 0 Å². The standard InChI is InChI=1S/C13H29N3/c1-12(2)15(6)10-11-16(7)13(3)8-9-14(4)5/h13H,1,8-11H2,2-7H3. The molecule has 0 fully saturated rings. The van der Waals surface area contributed by atoms with E-state index in [1.54, 1.807) is 0 Å². The molecule has 0 saturated carbocycles. The number of allylic oxidation sites excluding steroid dienone is 1. The first kappa shape index (κ1) is 15.5. The molecule has 3 heteroatoms. The summed E-state index contributed by atoms with van der Waals surface area (Å²) in [5.74, 6) is 0. The molecule has 0 spiro atoms. The van der Waals surface area contributed by atoms with Gasteiger partial charge in [-0.25, -0.2) is 0 Å². The van der Waals surface area contributed by atoms with E-state index >= 15 is 0 Å². The SMILES string of the molecule is C=C(C)N(C)CCN(C)C(C)CCN(C)C. The molecule has 0 aliphatic heterocycles. The second-order valence-electron chi connectivity index (χ2n) is 5.08. The molecule has 0 bridgehead atoms. The molecular formula is C13H29N3. The highest BCUT2D eigenvalue weighted by Gasteiger charge is 2.09.